The number of aryl methyl sites for hydroxylation is 2. The summed E-state index contributed by atoms with van der Waals surface area (Å²) in [6.07, 6.45) is 2.63. The number of carbonyl (C=O) groups is 1. The Morgan fingerprint density at radius 2 is 1.85 bits per heavy atom. The first-order chi connectivity index (χ1) is 16.5. The molecule has 0 aliphatic carbocycles. The molecule has 1 N–H and O–H groups in total. The summed E-state index contributed by atoms with van der Waals surface area (Å²) in [5.74, 6) is 0.0411. The average molecular weight is 458 g/mol. The molecule has 2 aromatic carbocycles. The first kappa shape index (κ1) is 23.1. The summed E-state index contributed by atoms with van der Waals surface area (Å²) in [6.45, 7) is 4.57. The van der Waals surface area contributed by atoms with Gasteiger partial charge in [0.1, 0.15) is 0 Å². The van der Waals surface area contributed by atoms with Crippen LogP contribution in [0.3, 0.4) is 0 Å². The van der Waals surface area contributed by atoms with E-state index in [-0.39, 0.29) is 5.56 Å². The number of aromatic amines is 1. The van der Waals surface area contributed by atoms with Crippen molar-refractivity contribution in [1.29, 1.82) is 0 Å². The number of pyridine rings is 1. The van der Waals surface area contributed by atoms with Crippen LogP contribution in [0.25, 0.3) is 22.5 Å². The van der Waals surface area contributed by atoms with Gasteiger partial charge in [0.25, 0.3) is 5.56 Å². The van der Waals surface area contributed by atoms with Gasteiger partial charge >= 0.3 is 5.97 Å². The molecule has 4 aromatic rings. The first-order valence-electron chi connectivity index (χ1n) is 11.3. The van der Waals surface area contributed by atoms with Crippen LogP contribution in [-0.2, 0) is 17.7 Å². The Morgan fingerprint density at radius 1 is 1.06 bits per heavy atom. The highest BCUT2D eigenvalue weighted by Crippen LogP contribution is 2.32. The minimum absolute atomic E-state index is 0.210. The number of benzene rings is 2. The molecule has 0 unspecified atom stereocenters. The van der Waals surface area contributed by atoms with Crippen molar-refractivity contribution in [1.82, 2.24) is 25.2 Å². The molecular weight excluding hydrogens is 430 g/mol. The lowest BCUT2D eigenvalue weighted by atomic mass is 9.94. The van der Waals surface area contributed by atoms with Gasteiger partial charge in [0.2, 0.25) is 5.82 Å². The minimum Gasteiger partial charge on any atom is -0.465 e. The lowest BCUT2D eigenvalue weighted by Gasteiger charge is -2.16. The summed E-state index contributed by atoms with van der Waals surface area (Å²) in [7, 11) is 1.32. The van der Waals surface area contributed by atoms with E-state index < -0.39 is 5.97 Å². The van der Waals surface area contributed by atoms with Gasteiger partial charge in [0.05, 0.1) is 19.2 Å². The number of nitrogens with one attached hydrogen (secondary N) is 1. The van der Waals surface area contributed by atoms with Gasteiger partial charge in [-0.25, -0.2) is 4.79 Å². The van der Waals surface area contributed by atoms with E-state index in [9.17, 15) is 9.59 Å². The van der Waals surface area contributed by atoms with E-state index in [2.05, 4.69) is 39.7 Å². The molecule has 0 spiro atoms. The van der Waals surface area contributed by atoms with Crippen molar-refractivity contribution in [2.24, 2.45) is 0 Å². The van der Waals surface area contributed by atoms with Crippen molar-refractivity contribution in [3.05, 3.63) is 87.3 Å². The van der Waals surface area contributed by atoms with Crippen LogP contribution in [0.5, 0.6) is 0 Å². The standard InChI is InChI=1S/C26H27N5O3/c1-4-5-8-20-14-19(26(33)34-3)15-24(32)31(20)16-18-11-12-21(17(2)13-18)22-9-6-7-10-23(22)25-27-29-30-28-25/h6-7,9-15H,4-5,8,16H2,1-3H3,(H,27,28,29,30). The smallest absolute Gasteiger partial charge is 0.338 e. The van der Waals surface area contributed by atoms with Crippen molar-refractivity contribution in [3.63, 3.8) is 0 Å². The number of ether oxygens (including phenoxy) is 1. The van der Waals surface area contributed by atoms with E-state index in [0.29, 0.717) is 24.4 Å². The zero-order chi connectivity index (χ0) is 24.1. The molecule has 0 aliphatic rings. The third-order valence-electron chi connectivity index (χ3n) is 5.86. The number of aromatic nitrogens is 5. The Kier molecular flexibility index (Phi) is 6.96. The second-order valence-electron chi connectivity index (χ2n) is 8.19. The van der Waals surface area contributed by atoms with Crippen LogP contribution in [0.15, 0.2) is 59.4 Å². The van der Waals surface area contributed by atoms with Crippen LogP contribution in [0.1, 0.15) is 46.9 Å². The fourth-order valence-corrected chi connectivity index (χ4v) is 4.13. The molecular formula is C26H27N5O3. The van der Waals surface area contributed by atoms with Crippen LogP contribution in [0, 0.1) is 6.92 Å². The first-order valence-corrected chi connectivity index (χ1v) is 11.3. The molecule has 2 heterocycles. The average Bonchev–Trinajstić information content (AvgIpc) is 3.39. The van der Waals surface area contributed by atoms with E-state index in [1.54, 1.807) is 10.6 Å². The van der Waals surface area contributed by atoms with E-state index >= 15 is 0 Å². The number of unbranched alkanes of at least 4 members (excludes halogenated alkanes) is 1. The topological polar surface area (TPSA) is 103 Å². The molecule has 4 rings (SSSR count). The van der Waals surface area contributed by atoms with Gasteiger partial charge in [0.15, 0.2) is 0 Å². The highest BCUT2D eigenvalue weighted by Gasteiger charge is 2.15. The molecule has 0 amide bonds. The summed E-state index contributed by atoms with van der Waals surface area (Å²) in [6, 6.07) is 17.2. The molecule has 0 bridgehead atoms. The number of esters is 1. The number of hydrogen-bond acceptors (Lipinski definition) is 6. The molecule has 34 heavy (non-hydrogen) atoms. The van der Waals surface area contributed by atoms with Crippen LogP contribution in [-0.4, -0.2) is 38.3 Å². The number of hydrogen-bond donors (Lipinski definition) is 1. The van der Waals surface area contributed by atoms with Crippen LogP contribution in [0.2, 0.25) is 0 Å². The maximum atomic E-state index is 12.9. The molecule has 0 saturated heterocycles. The maximum Gasteiger partial charge on any atom is 0.338 e. The third kappa shape index (κ3) is 4.80. The zero-order valence-electron chi connectivity index (χ0n) is 19.5. The molecule has 0 fully saturated rings. The maximum absolute atomic E-state index is 12.9. The Labute approximate surface area is 197 Å². The lowest BCUT2D eigenvalue weighted by Crippen LogP contribution is -2.25. The quantitative estimate of drug-likeness (QED) is 0.398. The normalized spacial score (nSPS) is 10.9. The van der Waals surface area contributed by atoms with Crippen molar-refractivity contribution >= 4 is 5.97 Å². The van der Waals surface area contributed by atoms with Crippen LogP contribution < -0.4 is 5.56 Å². The molecule has 174 valence electrons. The summed E-state index contributed by atoms with van der Waals surface area (Å²) in [5.41, 5.74) is 5.95. The van der Waals surface area contributed by atoms with E-state index in [1.165, 1.54) is 13.2 Å². The van der Waals surface area contributed by atoms with Gasteiger partial charge in [-0.1, -0.05) is 55.8 Å². The monoisotopic (exact) mass is 457 g/mol. The number of tetrazole rings is 1. The van der Waals surface area contributed by atoms with Crippen LogP contribution in [0.4, 0.5) is 0 Å². The number of rotatable bonds is 8. The van der Waals surface area contributed by atoms with E-state index in [4.69, 9.17) is 4.74 Å². The number of methoxy groups -OCH3 is 1. The molecule has 0 saturated carbocycles. The van der Waals surface area contributed by atoms with Crippen molar-refractivity contribution in [2.45, 2.75) is 39.7 Å². The molecule has 0 aliphatic heterocycles. The van der Waals surface area contributed by atoms with Gasteiger partial charge in [-0.05, 0) is 53.3 Å². The van der Waals surface area contributed by atoms with E-state index in [0.717, 1.165) is 46.4 Å². The third-order valence-corrected chi connectivity index (χ3v) is 5.86. The van der Waals surface area contributed by atoms with Crippen molar-refractivity contribution in [2.75, 3.05) is 7.11 Å². The summed E-state index contributed by atoms with van der Waals surface area (Å²) in [5, 5.41) is 14.4. The second-order valence-corrected chi connectivity index (χ2v) is 8.19. The molecule has 0 atom stereocenters. The molecule has 2 aromatic heterocycles. The van der Waals surface area contributed by atoms with Crippen molar-refractivity contribution < 1.29 is 9.53 Å². The second kappa shape index (κ2) is 10.2. The molecule has 8 heteroatoms. The van der Waals surface area contributed by atoms with Gasteiger partial charge < -0.3 is 9.30 Å². The number of carbonyl (C=O) groups excluding carboxylic acids is 1. The van der Waals surface area contributed by atoms with Gasteiger partial charge in [-0.2, -0.15) is 5.21 Å². The minimum atomic E-state index is -0.498. The number of nitrogens with zero attached hydrogens (tertiary/aromatic N) is 4. The predicted molar refractivity (Wildman–Crippen MR) is 130 cm³/mol. The zero-order valence-corrected chi connectivity index (χ0v) is 19.5. The van der Waals surface area contributed by atoms with Crippen molar-refractivity contribution in [3.8, 4) is 22.5 Å². The predicted octanol–water partition coefficient (Wildman–Crippen LogP) is 4.18. The fraction of sp³-hybridized carbons (Fsp3) is 0.269. The van der Waals surface area contributed by atoms with Gasteiger partial charge in [-0.15, -0.1) is 10.2 Å². The Hall–Kier alpha value is -4.07. The lowest BCUT2D eigenvalue weighted by molar-refractivity contribution is 0.0600. The van der Waals surface area contributed by atoms with E-state index in [1.807, 2.05) is 37.3 Å². The molecule has 0 radical (unpaired) electrons. The highest BCUT2D eigenvalue weighted by atomic mass is 16.5. The molecule has 8 nitrogen and oxygen atoms in total. The largest absolute Gasteiger partial charge is 0.465 e. The Bertz CT molecular complexity index is 1360. The highest BCUT2D eigenvalue weighted by molar-refractivity contribution is 5.89. The number of H-pyrrole nitrogens is 1. The fourth-order valence-electron chi connectivity index (χ4n) is 4.13. The SMILES string of the molecule is CCCCc1cc(C(=O)OC)cc(=O)n1Cc1ccc(-c2ccccc2-c2nn[nH]n2)c(C)c1. The summed E-state index contributed by atoms with van der Waals surface area (Å²) < 4.78 is 6.55. The Morgan fingerprint density at radius 3 is 2.53 bits per heavy atom. The Balaban J connectivity index is 1.69. The van der Waals surface area contributed by atoms with Crippen LogP contribution >= 0.6 is 0 Å². The van der Waals surface area contributed by atoms with Gasteiger partial charge in [-0.3, -0.25) is 4.79 Å². The summed E-state index contributed by atoms with van der Waals surface area (Å²) >= 11 is 0. The van der Waals surface area contributed by atoms with Gasteiger partial charge in [0, 0.05) is 17.3 Å². The summed E-state index contributed by atoms with van der Waals surface area (Å²) in [4.78, 5) is 24.9.